The topological polar surface area (TPSA) is 57.4 Å². The van der Waals surface area contributed by atoms with Gasteiger partial charge in [0.25, 0.3) is 0 Å². The monoisotopic (exact) mass is 208 g/mol. The third kappa shape index (κ3) is 2.67. The average molecular weight is 208 g/mol. The third-order valence-corrected chi connectivity index (χ3v) is 2.42. The van der Waals surface area contributed by atoms with Crippen LogP contribution in [0.25, 0.3) is 0 Å². The Morgan fingerprint density at radius 1 is 1.60 bits per heavy atom. The van der Waals surface area contributed by atoms with E-state index in [0.717, 1.165) is 24.5 Å². The predicted molar refractivity (Wildman–Crippen MR) is 56.7 cm³/mol. The van der Waals surface area contributed by atoms with Crippen LogP contribution in [0.3, 0.4) is 0 Å². The maximum atomic E-state index is 5.70. The van der Waals surface area contributed by atoms with E-state index in [0.29, 0.717) is 6.61 Å². The van der Waals surface area contributed by atoms with Gasteiger partial charge in [0.05, 0.1) is 25.1 Å². The van der Waals surface area contributed by atoms with Gasteiger partial charge in [0.2, 0.25) is 0 Å². The first-order valence-electron chi connectivity index (χ1n) is 5.21. The van der Waals surface area contributed by atoms with Crippen molar-refractivity contribution in [3.05, 3.63) is 24.0 Å². The zero-order valence-corrected chi connectivity index (χ0v) is 8.85. The van der Waals surface area contributed by atoms with Gasteiger partial charge in [-0.15, -0.1) is 0 Å². The van der Waals surface area contributed by atoms with E-state index < -0.39 is 0 Å². The molecule has 1 saturated heterocycles. The normalized spacial score (nSPS) is 22.7. The molecule has 1 aliphatic heterocycles. The van der Waals surface area contributed by atoms with Crippen LogP contribution in [0.5, 0.6) is 5.75 Å². The highest BCUT2D eigenvalue weighted by molar-refractivity contribution is 5.21. The first-order valence-corrected chi connectivity index (χ1v) is 5.21. The first kappa shape index (κ1) is 10.4. The highest BCUT2D eigenvalue weighted by Crippen LogP contribution is 2.17. The van der Waals surface area contributed by atoms with Gasteiger partial charge < -0.3 is 15.2 Å². The summed E-state index contributed by atoms with van der Waals surface area (Å²) in [4.78, 5) is 4.23. The Morgan fingerprint density at radius 3 is 3.00 bits per heavy atom. The second-order valence-electron chi connectivity index (χ2n) is 3.81. The highest BCUT2D eigenvalue weighted by Gasteiger charge is 2.17. The molecule has 4 heteroatoms. The van der Waals surface area contributed by atoms with E-state index in [1.165, 1.54) is 0 Å². The summed E-state index contributed by atoms with van der Waals surface area (Å²) in [6.45, 7) is 3.37. The number of aromatic nitrogens is 1. The molecule has 0 saturated carbocycles. The summed E-state index contributed by atoms with van der Waals surface area (Å²) in [5.74, 6) is 0.787. The SMILES string of the molecule is C[C@@H](N)c1ccc(OC2CCOC2)cn1. The van der Waals surface area contributed by atoms with E-state index in [-0.39, 0.29) is 12.1 Å². The van der Waals surface area contributed by atoms with Crippen molar-refractivity contribution in [2.75, 3.05) is 13.2 Å². The number of hydrogen-bond donors (Lipinski definition) is 1. The minimum atomic E-state index is -0.0335. The third-order valence-electron chi connectivity index (χ3n) is 2.42. The van der Waals surface area contributed by atoms with Gasteiger partial charge in [0.15, 0.2) is 0 Å². The van der Waals surface area contributed by atoms with Crippen molar-refractivity contribution in [3.63, 3.8) is 0 Å². The van der Waals surface area contributed by atoms with Crippen LogP contribution >= 0.6 is 0 Å². The number of hydrogen-bond acceptors (Lipinski definition) is 4. The van der Waals surface area contributed by atoms with Crippen molar-refractivity contribution in [2.24, 2.45) is 5.73 Å². The Balaban J connectivity index is 1.97. The Labute approximate surface area is 89.4 Å². The maximum absolute atomic E-state index is 5.70. The lowest BCUT2D eigenvalue weighted by Gasteiger charge is -2.12. The maximum Gasteiger partial charge on any atom is 0.138 e. The molecule has 0 aromatic carbocycles. The van der Waals surface area contributed by atoms with Gasteiger partial charge in [0, 0.05) is 12.5 Å². The van der Waals surface area contributed by atoms with Gasteiger partial charge in [-0.25, -0.2) is 0 Å². The van der Waals surface area contributed by atoms with Crippen molar-refractivity contribution >= 4 is 0 Å². The van der Waals surface area contributed by atoms with Gasteiger partial charge in [-0.05, 0) is 19.1 Å². The number of nitrogens with zero attached hydrogens (tertiary/aromatic N) is 1. The Kier molecular flexibility index (Phi) is 3.18. The minimum absolute atomic E-state index is 0.0335. The Bertz CT molecular complexity index is 305. The van der Waals surface area contributed by atoms with E-state index in [1.54, 1.807) is 6.20 Å². The van der Waals surface area contributed by atoms with Crippen LogP contribution in [-0.2, 0) is 4.74 Å². The molecular weight excluding hydrogens is 192 g/mol. The Morgan fingerprint density at radius 2 is 2.47 bits per heavy atom. The predicted octanol–water partition coefficient (Wildman–Crippen LogP) is 1.27. The van der Waals surface area contributed by atoms with Gasteiger partial charge in [-0.2, -0.15) is 0 Å². The quantitative estimate of drug-likeness (QED) is 0.812. The molecule has 15 heavy (non-hydrogen) atoms. The number of pyridine rings is 1. The van der Waals surface area contributed by atoms with Gasteiger partial charge in [-0.1, -0.05) is 0 Å². The van der Waals surface area contributed by atoms with Gasteiger partial charge >= 0.3 is 0 Å². The van der Waals surface area contributed by atoms with E-state index in [2.05, 4.69) is 4.98 Å². The zero-order valence-electron chi connectivity index (χ0n) is 8.85. The van der Waals surface area contributed by atoms with Crippen LogP contribution in [0.1, 0.15) is 25.1 Å². The molecule has 0 aliphatic carbocycles. The highest BCUT2D eigenvalue weighted by atomic mass is 16.5. The molecule has 0 spiro atoms. The molecule has 1 aromatic rings. The standard InChI is InChI=1S/C11H16N2O2/c1-8(12)11-3-2-9(6-13-11)15-10-4-5-14-7-10/h2-3,6,8,10H,4-5,7,12H2,1H3/t8-,10?/m1/s1. The second kappa shape index (κ2) is 4.59. The summed E-state index contributed by atoms with van der Waals surface area (Å²) in [7, 11) is 0. The van der Waals surface area contributed by atoms with E-state index in [1.807, 2.05) is 19.1 Å². The minimum Gasteiger partial charge on any atom is -0.486 e. The van der Waals surface area contributed by atoms with Crippen LogP contribution < -0.4 is 10.5 Å². The van der Waals surface area contributed by atoms with E-state index in [4.69, 9.17) is 15.2 Å². The molecule has 0 bridgehead atoms. The molecule has 2 rings (SSSR count). The van der Waals surface area contributed by atoms with Crippen molar-refractivity contribution in [3.8, 4) is 5.75 Å². The van der Waals surface area contributed by atoms with Crippen LogP contribution in [0.4, 0.5) is 0 Å². The summed E-state index contributed by atoms with van der Waals surface area (Å²) in [5, 5.41) is 0. The molecule has 1 aliphatic rings. The van der Waals surface area contributed by atoms with Crippen molar-refractivity contribution in [1.82, 2.24) is 4.98 Å². The van der Waals surface area contributed by atoms with Crippen molar-refractivity contribution in [1.29, 1.82) is 0 Å². The summed E-state index contributed by atoms with van der Waals surface area (Å²) in [5.41, 5.74) is 6.58. The van der Waals surface area contributed by atoms with Crippen LogP contribution in [-0.4, -0.2) is 24.3 Å². The smallest absolute Gasteiger partial charge is 0.138 e. The fourth-order valence-electron chi connectivity index (χ4n) is 1.53. The average Bonchev–Trinajstić information content (AvgIpc) is 2.71. The molecule has 1 aromatic heterocycles. The summed E-state index contributed by atoms with van der Waals surface area (Å²) < 4.78 is 10.9. The fraction of sp³-hybridized carbons (Fsp3) is 0.545. The molecule has 0 amide bonds. The molecule has 4 nitrogen and oxygen atoms in total. The van der Waals surface area contributed by atoms with Crippen LogP contribution in [0.2, 0.25) is 0 Å². The van der Waals surface area contributed by atoms with Crippen molar-refractivity contribution < 1.29 is 9.47 Å². The molecule has 2 atom stereocenters. The second-order valence-corrected chi connectivity index (χ2v) is 3.81. The summed E-state index contributed by atoms with van der Waals surface area (Å²) in [6.07, 6.45) is 2.85. The number of nitrogens with two attached hydrogens (primary N) is 1. The van der Waals surface area contributed by atoms with Crippen molar-refractivity contribution in [2.45, 2.75) is 25.5 Å². The Hall–Kier alpha value is -1.13. The number of rotatable bonds is 3. The first-order chi connectivity index (χ1) is 7.25. The molecule has 2 heterocycles. The van der Waals surface area contributed by atoms with E-state index >= 15 is 0 Å². The lowest BCUT2D eigenvalue weighted by molar-refractivity contribution is 0.141. The lowest BCUT2D eigenvalue weighted by Crippen LogP contribution is -2.16. The fourth-order valence-corrected chi connectivity index (χ4v) is 1.53. The van der Waals surface area contributed by atoms with E-state index in [9.17, 15) is 0 Å². The molecular formula is C11H16N2O2. The molecule has 1 fully saturated rings. The molecule has 82 valence electrons. The zero-order chi connectivity index (χ0) is 10.7. The van der Waals surface area contributed by atoms with Gasteiger partial charge in [-0.3, -0.25) is 4.98 Å². The molecule has 0 radical (unpaired) electrons. The molecule has 1 unspecified atom stereocenters. The van der Waals surface area contributed by atoms with Crippen LogP contribution in [0.15, 0.2) is 18.3 Å². The van der Waals surface area contributed by atoms with Crippen LogP contribution in [0, 0.1) is 0 Å². The van der Waals surface area contributed by atoms with Gasteiger partial charge in [0.1, 0.15) is 11.9 Å². The summed E-state index contributed by atoms with van der Waals surface area (Å²) in [6, 6.07) is 3.77. The number of ether oxygens (including phenoxy) is 2. The largest absolute Gasteiger partial charge is 0.486 e. The summed E-state index contributed by atoms with van der Waals surface area (Å²) >= 11 is 0. The lowest BCUT2D eigenvalue weighted by atomic mass is 10.2. The molecule has 2 N–H and O–H groups in total.